The molecule has 0 aromatic heterocycles. The molecule has 0 aliphatic carbocycles. The minimum absolute atomic E-state index is 0.110. The fourth-order valence-corrected chi connectivity index (χ4v) is 4.37. The summed E-state index contributed by atoms with van der Waals surface area (Å²) in [6.45, 7) is 1.49. The van der Waals surface area contributed by atoms with E-state index in [9.17, 15) is 4.79 Å². The second-order valence-corrected chi connectivity index (χ2v) is 7.76. The molecule has 2 fully saturated rings. The van der Waals surface area contributed by atoms with Crippen molar-refractivity contribution in [2.45, 2.75) is 18.5 Å². The molecule has 6 heteroatoms. The number of hydrazine groups is 1. The molecule has 0 bridgehead atoms. The van der Waals surface area contributed by atoms with Gasteiger partial charge in [0.2, 0.25) is 0 Å². The number of para-hydroxylation sites is 1. The Hall–Kier alpha value is -2.57. The van der Waals surface area contributed by atoms with Gasteiger partial charge < -0.3 is 14.5 Å². The first-order valence-corrected chi connectivity index (χ1v) is 9.79. The summed E-state index contributed by atoms with van der Waals surface area (Å²) in [5, 5.41) is 0. The van der Waals surface area contributed by atoms with Crippen molar-refractivity contribution in [2.75, 3.05) is 39.2 Å². The van der Waals surface area contributed by atoms with Crippen molar-refractivity contribution in [3.05, 3.63) is 59.7 Å². The third-order valence-corrected chi connectivity index (χ3v) is 5.87. The summed E-state index contributed by atoms with van der Waals surface area (Å²) in [7, 11) is 5.63. The molecule has 6 nitrogen and oxygen atoms in total. The lowest BCUT2D eigenvalue weighted by Crippen LogP contribution is -2.48. The third-order valence-electron chi connectivity index (χ3n) is 5.87. The van der Waals surface area contributed by atoms with Crippen LogP contribution in [0.1, 0.15) is 28.4 Å². The number of methoxy groups -OCH3 is 1. The Morgan fingerprint density at radius 1 is 1.14 bits per heavy atom. The Bertz CT molecular complexity index is 854. The minimum Gasteiger partial charge on any atom is -0.497 e. The van der Waals surface area contributed by atoms with Gasteiger partial charge in [-0.1, -0.05) is 24.3 Å². The Morgan fingerprint density at radius 3 is 2.75 bits per heavy atom. The summed E-state index contributed by atoms with van der Waals surface area (Å²) in [4.78, 5) is 17.3. The predicted molar refractivity (Wildman–Crippen MR) is 111 cm³/mol. The lowest BCUT2D eigenvalue weighted by atomic mass is 9.85. The SMILES string of the molecule is COc1cccc(C2NNC3CCN(C(=O)c4ccccc4N(C)C)CC32)c1. The summed E-state index contributed by atoms with van der Waals surface area (Å²) in [5.74, 6) is 1.28. The van der Waals surface area contributed by atoms with Gasteiger partial charge in [-0.05, 0) is 36.2 Å². The number of hydrogen-bond donors (Lipinski definition) is 2. The number of nitrogens with one attached hydrogen (secondary N) is 2. The number of fused-ring (bicyclic) bond motifs is 1. The molecule has 28 heavy (non-hydrogen) atoms. The molecule has 148 valence electrons. The highest BCUT2D eigenvalue weighted by molar-refractivity contribution is 5.99. The van der Waals surface area contributed by atoms with Gasteiger partial charge in [0.25, 0.3) is 5.91 Å². The summed E-state index contributed by atoms with van der Waals surface area (Å²) < 4.78 is 5.39. The average molecular weight is 380 g/mol. The largest absolute Gasteiger partial charge is 0.497 e. The normalized spacial score (nSPS) is 24.0. The molecule has 1 amide bonds. The van der Waals surface area contributed by atoms with Crippen LogP contribution < -0.4 is 20.5 Å². The van der Waals surface area contributed by atoms with E-state index in [4.69, 9.17) is 4.74 Å². The molecular weight excluding hydrogens is 352 g/mol. The van der Waals surface area contributed by atoms with Gasteiger partial charge in [0.15, 0.2) is 0 Å². The van der Waals surface area contributed by atoms with Gasteiger partial charge in [0, 0.05) is 44.8 Å². The molecule has 2 N–H and O–H groups in total. The highest BCUT2D eigenvalue weighted by Crippen LogP contribution is 2.35. The van der Waals surface area contributed by atoms with Crippen LogP contribution in [-0.4, -0.2) is 51.1 Å². The fraction of sp³-hybridized carbons (Fsp3) is 0.409. The Labute approximate surface area is 166 Å². The lowest BCUT2D eigenvalue weighted by molar-refractivity contribution is 0.0653. The second kappa shape index (κ2) is 7.81. The van der Waals surface area contributed by atoms with Crippen LogP contribution >= 0.6 is 0 Å². The number of hydrogen-bond acceptors (Lipinski definition) is 5. The topological polar surface area (TPSA) is 56.8 Å². The molecular formula is C22H28N4O2. The quantitative estimate of drug-likeness (QED) is 0.853. The van der Waals surface area contributed by atoms with E-state index in [2.05, 4.69) is 23.0 Å². The van der Waals surface area contributed by atoms with Crippen molar-refractivity contribution in [1.29, 1.82) is 0 Å². The molecule has 0 saturated carbocycles. The maximum Gasteiger partial charge on any atom is 0.255 e. The van der Waals surface area contributed by atoms with Crippen LogP contribution in [0, 0.1) is 5.92 Å². The number of anilines is 1. The zero-order chi connectivity index (χ0) is 19.7. The maximum atomic E-state index is 13.3. The lowest BCUT2D eigenvalue weighted by Gasteiger charge is -2.36. The number of carbonyl (C=O) groups is 1. The summed E-state index contributed by atoms with van der Waals surface area (Å²) in [6.07, 6.45) is 0.938. The standard InChI is InChI=1S/C22H28N4O2/c1-25(2)20-10-5-4-9-17(20)22(27)26-12-11-19-18(14-26)21(24-23-19)15-7-6-8-16(13-15)28-3/h4-10,13,18-19,21,23-24H,11-12,14H2,1-3H3. The van der Waals surface area contributed by atoms with Crippen molar-refractivity contribution < 1.29 is 9.53 Å². The summed E-state index contributed by atoms with van der Waals surface area (Å²) in [5.41, 5.74) is 9.79. The molecule has 2 aromatic carbocycles. The highest BCUT2D eigenvalue weighted by Gasteiger charge is 2.42. The van der Waals surface area contributed by atoms with Crippen LogP contribution in [0.25, 0.3) is 0 Å². The van der Waals surface area contributed by atoms with E-state index < -0.39 is 0 Å². The number of likely N-dealkylation sites (tertiary alicyclic amines) is 1. The van der Waals surface area contributed by atoms with Crippen molar-refractivity contribution in [1.82, 2.24) is 15.8 Å². The van der Waals surface area contributed by atoms with Gasteiger partial charge >= 0.3 is 0 Å². The van der Waals surface area contributed by atoms with Crippen molar-refractivity contribution >= 4 is 11.6 Å². The number of carbonyl (C=O) groups excluding carboxylic acids is 1. The van der Waals surface area contributed by atoms with E-state index in [0.29, 0.717) is 12.0 Å². The number of benzene rings is 2. The van der Waals surface area contributed by atoms with E-state index in [0.717, 1.165) is 36.5 Å². The molecule has 0 spiro atoms. The average Bonchev–Trinajstić information content (AvgIpc) is 3.16. The van der Waals surface area contributed by atoms with Crippen molar-refractivity contribution in [3.8, 4) is 5.75 Å². The van der Waals surface area contributed by atoms with Crippen LogP contribution in [0.5, 0.6) is 5.75 Å². The van der Waals surface area contributed by atoms with Gasteiger partial charge in [0.1, 0.15) is 5.75 Å². The zero-order valence-electron chi connectivity index (χ0n) is 16.7. The second-order valence-electron chi connectivity index (χ2n) is 7.76. The smallest absolute Gasteiger partial charge is 0.255 e. The van der Waals surface area contributed by atoms with Gasteiger partial charge in [-0.2, -0.15) is 0 Å². The van der Waals surface area contributed by atoms with Gasteiger partial charge in [-0.3, -0.25) is 10.2 Å². The molecule has 2 aliphatic heterocycles. The van der Waals surface area contributed by atoms with Gasteiger partial charge in [-0.25, -0.2) is 5.43 Å². The number of amides is 1. The number of rotatable bonds is 4. The molecule has 2 heterocycles. The maximum absolute atomic E-state index is 13.3. The first-order chi connectivity index (χ1) is 13.6. The van der Waals surface area contributed by atoms with Crippen LogP contribution in [0.3, 0.4) is 0 Å². The van der Waals surface area contributed by atoms with Crippen LogP contribution in [0.15, 0.2) is 48.5 Å². The van der Waals surface area contributed by atoms with Gasteiger partial charge in [0.05, 0.1) is 18.7 Å². The summed E-state index contributed by atoms with van der Waals surface area (Å²) >= 11 is 0. The predicted octanol–water partition coefficient (Wildman–Crippen LogP) is 2.44. The Kier molecular flexibility index (Phi) is 5.24. The van der Waals surface area contributed by atoms with Crippen LogP contribution in [0.4, 0.5) is 5.69 Å². The number of nitrogens with zero attached hydrogens (tertiary/aromatic N) is 2. The Morgan fingerprint density at radius 2 is 1.96 bits per heavy atom. The van der Waals surface area contributed by atoms with E-state index in [1.807, 2.05) is 60.3 Å². The number of ether oxygens (including phenoxy) is 1. The van der Waals surface area contributed by atoms with Crippen molar-refractivity contribution in [2.24, 2.45) is 5.92 Å². The Balaban J connectivity index is 1.56. The minimum atomic E-state index is 0.110. The van der Waals surface area contributed by atoms with E-state index in [1.165, 1.54) is 5.56 Å². The molecule has 3 unspecified atom stereocenters. The molecule has 2 aromatic rings. The van der Waals surface area contributed by atoms with Crippen molar-refractivity contribution in [3.63, 3.8) is 0 Å². The van der Waals surface area contributed by atoms with E-state index in [-0.39, 0.29) is 11.9 Å². The van der Waals surface area contributed by atoms with E-state index >= 15 is 0 Å². The summed E-state index contributed by atoms with van der Waals surface area (Å²) in [6, 6.07) is 16.5. The molecule has 3 atom stereocenters. The van der Waals surface area contributed by atoms with Crippen LogP contribution in [-0.2, 0) is 0 Å². The first-order valence-electron chi connectivity index (χ1n) is 9.79. The van der Waals surface area contributed by atoms with E-state index in [1.54, 1.807) is 7.11 Å². The monoisotopic (exact) mass is 380 g/mol. The van der Waals surface area contributed by atoms with Crippen LogP contribution in [0.2, 0.25) is 0 Å². The molecule has 4 rings (SSSR count). The molecule has 0 radical (unpaired) electrons. The first kappa shape index (κ1) is 18.8. The molecule has 2 aliphatic rings. The zero-order valence-corrected chi connectivity index (χ0v) is 16.7. The molecule has 2 saturated heterocycles. The van der Waals surface area contributed by atoms with Gasteiger partial charge in [-0.15, -0.1) is 0 Å². The number of piperidine rings is 1. The highest BCUT2D eigenvalue weighted by atomic mass is 16.5. The fourth-order valence-electron chi connectivity index (χ4n) is 4.37. The third kappa shape index (κ3) is 3.45.